The van der Waals surface area contributed by atoms with Gasteiger partial charge in [0.25, 0.3) is 0 Å². The first-order valence-electron chi connectivity index (χ1n) is 2.84. The Hall–Kier alpha value is -0.780. The molecule has 8 heavy (non-hydrogen) atoms. The summed E-state index contributed by atoms with van der Waals surface area (Å²) < 4.78 is 0. The van der Waals surface area contributed by atoms with Gasteiger partial charge < -0.3 is 0 Å². The summed E-state index contributed by atoms with van der Waals surface area (Å²) in [7, 11) is 0. The highest BCUT2D eigenvalue weighted by molar-refractivity contribution is 5.32. The van der Waals surface area contributed by atoms with E-state index in [1.54, 1.807) is 0 Å². The SMILES string of the molecule is C=C1C=CC(C)C=C1. The lowest BCUT2D eigenvalue weighted by molar-refractivity contribution is 0.929. The molecule has 0 aromatic heterocycles. The molecule has 1 aliphatic rings. The van der Waals surface area contributed by atoms with E-state index < -0.39 is 0 Å². The van der Waals surface area contributed by atoms with Crippen molar-refractivity contribution in [1.82, 2.24) is 0 Å². The molecule has 0 spiro atoms. The zero-order chi connectivity index (χ0) is 5.98. The monoisotopic (exact) mass is 106 g/mol. The van der Waals surface area contributed by atoms with Gasteiger partial charge in [0.2, 0.25) is 0 Å². The summed E-state index contributed by atoms with van der Waals surface area (Å²) in [6.45, 7) is 5.93. The van der Waals surface area contributed by atoms with E-state index in [-0.39, 0.29) is 0 Å². The molecule has 42 valence electrons. The first-order valence-corrected chi connectivity index (χ1v) is 2.84. The molecule has 0 heterocycles. The minimum absolute atomic E-state index is 0.598. The van der Waals surface area contributed by atoms with Gasteiger partial charge in [-0.3, -0.25) is 0 Å². The molecule has 0 amide bonds. The van der Waals surface area contributed by atoms with E-state index in [1.165, 1.54) is 0 Å². The van der Waals surface area contributed by atoms with E-state index in [4.69, 9.17) is 0 Å². The Bertz CT molecular complexity index is 133. The maximum atomic E-state index is 3.78. The van der Waals surface area contributed by atoms with Gasteiger partial charge in [-0.1, -0.05) is 37.8 Å². The molecule has 0 unspecified atom stereocenters. The predicted molar refractivity (Wildman–Crippen MR) is 36.6 cm³/mol. The molecular formula is C8H10. The standard InChI is InChI=1S/C8H10/c1-7-3-5-8(2)6-4-7/h3-6,8H,1H2,2H3. The van der Waals surface area contributed by atoms with Crippen molar-refractivity contribution in [2.75, 3.05) is 0 Å². The van der Waals surface area contributed by atoms with Crippen molar-refractivity contribution in [3.8, 4) is 0 Å². The van der Waals surface area contributed by atoms with Crippen LogP contribution in [0, 0.1) is 5.92 Å². The lowest BCUT2D eigenvalue weighted by atomic mass is 10.0. The van der Waals surface area contributed by atoms with Gasteiger partial charge in [-0.15, -0.1) is 0 Å². The molecule has 0 atom stereocenters. The van der Waals surface area contributed by atoms with E-state index in [1.807, 2.05) is 12.2 Å². The Morgan fingerprint density at radius 2 is 1.88 bits per heavy atom. The van der Waals surface area contributed by atoms with Gasteiger partial charge in [0.15, 0.2) is 0 Å². The lowest BCUT2D eigenvalue weighted by Crippen LogP contribution is -1.86. The Morgan fingerprint density at radius 1 is 1.38 bits per heavy atom. The van der Waals surface area contributed by atoms with Crippen LogP contribution in [0.1, 0.15) is 6.92 Å². The lowest BCUT2D eigenvalue weighted by Gasteiger charge is -2.02. The first-order chi connectivity index (χ1) is 3.79. The molecule has 0 fully saturated rings. The average molecular weight is 106 g/mol. The largest absolute Gasteiger partial charge is 0.0918 e. The van der Waals surface area contributed by atoms with E-state index in [0.717, 1.165) is 5.57 Å². The van der Waals surface area contributed by atoms with Gasteiger partial charge in [0, 0.05) is 0 Å². The first kappa shape index (κ1) is 5.36. The summed E-state index contributed by atoms with van der Waals surface area (Å²) >= 11 is 0. The normalized spacial score (nSPS) is 19.9. The van der Waals surface area contributed by atoms with Crippen LogP contribution in [-0.2, 0) is 0 Å². The molecule has 0 saturated heterocycles. The molecule has 0 radical (unpaired) electrons. The van der Waals surface area contributed by atoms with Crippen LogP contribution in [0.15, 0.2) is 36.5 Å². The quantitative estimate of drug-likeness (QED) is 0.444. The molecular weight excluding hydrogens is 96.1 g/mol. The van der Waals surface area contributed by atoms with Gasteiger partial charge in [0.1, 0.15) is 0 Å². The molecule has 0 N–H and O–H groups in total. The minimum Gasteiger partial charge on any atom is -0.0918 e. The van der Waals surface area contributed by atoms with Gasteiger partial charge >= 0.3 is 0 Å². The number of hydrogen-bond donors (Lipinski definition) is 0. The van der Waals surface area contributed by atoms with E-state index in [9.17, 15) is 0 Å². The highest BCUT2D eigenvalue weighted by atomic mass is 14.0. The fourth-order valence-corrected chi connectivity index (χ4v) is 0.670. The van der Waals surface area contributed by atoms with Gasteiger partial charge in [-0.25, -0.2) is 0 Å². The van der Waals surface area contributed by atoms with Crippen LogP contribution in [0.2, 0.25) is 0 Å². The highest BCUT2D eigenvalue weighted by Crippen LogP contribution is 2.10. The third-order valence-electron chi connectivity index (χ3n) is 1.23. The third kappa shape index (κ3) is 1.09. The summed E-state index contributed by atoms with van der Waals surface area (Å²) in [5.74, 6) is 0.598. The second-order valence-corrected chi connectivity index (χ2v) is 2.15. The van der Waals surface area contributed by atoms with Gasteiger partial charge in [-0.2, -0.15) is 0 Å². The fourth-order valence-electron chi connectivity index (χ4n) is 0.670. The van der Waals surface area contributed by atoms with Gasteiger partial charge in [0.05, 0.1) is 0 Å². The predicted octanol–water partition coefficient (Wildman–Crippen LogP) is 2.30. The summed E-state index contributed by atoms with van der Waals surface area (Å²) in [6, 6.07) is 0. The Balaban J connectivity index is 2.68. The molecule has 0 heteroatoms. The molecule has 1 rings (SSSR count). The van der Waals surface area contributed by atoms with Crippen molar-refractivity contribution in [1.29, 1.82) is 0 Å². The maximum absolute atomic E-state index is 3.78. The summed E-state index contributed by atoms with van der Waals surface area (Å²) in [5.41, 5.74) is 1.10. The molecule has 0 aromatic carbocycles. The molecule has 0 aliphatic heterocycles. The number of rotatable bonds is 0. The maximum Gasteiger partial charge on any atom is -0.00752 e. The average Bonchev–Trinajstić information content (AvgIpc) is 1.77. The molecule has 0 aromatic rings. The van der Waals surface area contributed by atoms with Crippen molar-refractivity contribution in [2.45, 2.75) is 6.92 Å². The fraction of sp³-hybridized carbons (Fsp3) is 0.250. The molecule has 0 nitrogen and oxygen atoms in total. The second kappa shape index (κ2) is 1.99. The Kier molecular flexibility index (Phi) is 1.34. The van der Waals surface area contributed by atoms with E-state index >= 15 is 0 Å². The molecule has 0 saturated carbocycles. The van der Waals surface area contributed by atoms with Crippen LogP contribution < -0.4 is 0 Å². The smallest absolute Gasteiger partial charge is 0.00752 e. The second-order valence-electron chi connectivity index (χ2n) is 2.15. The molecule has 0 bridgehead atoms. The van der Waals surface area contributed by atoms with Crippen LogP contribution in [-0.4, -0.2) is 0 Å². The summed E-state index contributed by atoms with van der Waals surface area (Å²) in [4.78, 5) is 0. The van der Waals surface area contributed by atoms with Gasteiger partial charge in [-0.05, 0) is 11.5 Å². The third-order valence-corrected chi connectivity index (χ3v) is 1.23. The van der Waals surface area contributed by atoms with Crippen LogP contribution >= 0.6 is 0 Å². The van der Waals surface area contributed by atoms with Crippen LogP contribution in [0.3, 0.4) is 0 Å². The number of allylic oxidation sites excluding steroid dienone is 5. The van der Waals surface area contributed by atoms with Crippen LogP contribution in [0.4, 0.5) is 0 Å². The topological polar surface area (TPSA) is 0 Å². The zero-order valence-electron chi connectivity index (χ0n) is 5.09. The Labute approximate surface area is 50.2 Å². The van der Waals surface area contributed by atoms with Crippen molar-refractivity contribution in [2.24, 2.45) is 5.92 Å². The number of hydrogen-bond acceptors (Lipinski definition) is 0. The van der Waals surface area contributed by atoms with Crippen LogP contribution in [0.5, 0.6) is 0 Å². The molecule has 1 aliphatic carbocycles. The van der Waals surface area contributed by atoms with Crippen molar-refractivity contribution < 1.29 is 0 Å². The van der Waals surface area contributed by atoms with Crippen molar-refractivity contribution >= 4 is 0 Å². The Morgan fingerprint density at radius 3 is 2.25 bits per heavy atom. The zero-order valence-corrected chi connectivity index (χ0v) is 5.09. The summed E-state index contributed by atoms with van der Waals surface area (Å²) in [6.07, 6.45) is 8.38. The van der Waals surface area contributed by atoms with Crippen molar-refractivity contribution in [3.63, 3.8) is 0 Å². The minimum atomic E-state index is 0.598. The van der Waals surface area contributed by atoms with E-state index in [0.29, 0.717) is 5.92 Å². The highest BCUT2D eigenvalue weighted by Gasteiger charge is 1.93. The van der Waals surface area contributed by atoms with Crippen molar-refractivity contribution in [3.05, 3.63) is 36.5 Å². The summed E-state index contributed by atoms with van der Waals surface area (Å²) in [5, 5.41) is 0. The van der Waals surface area contributed by atoms with E-state index in [2.05, 4.69) is 25.7 Å². The van der Waals surface area contributed by atoms with Crippen LogP contribution in [0.25, 0.3) is 0 Å².